The number of benzene rings is 2. The Morgan fingerprint density at radius 1 is 1.23 bits per heavy atom. The topological polar surface area (TPSA) is 82.2 Å². The van der Waals surface area contributed by atoms with Gasteiger partial charge in [0.2, 0.25) is 0 Å². The average molecular weight is 296 g/mol. The van der Waals surface area contributed by atoms with Crippen LogP contribution in [0.2, 0.25) is 0 Å². The van der Waals surface area contributed by atoms with Crippen molar-refractivity contribution in [3.05, 3.63) is 48.5 Å². The molecular weight excluding hydrogens is 280 g/mol. The number of nitrogens with two attached hydrogens (primary N) is 1. The standard InChI is InChI=1S/C16H16N4O2/c1-22-12-8-6-11(7-9-12)16-18-13-4-2-3-5-14(13)20(16)10-15(21)19-17/h2-9H,10,17H2,1H3,(H,19,21). The van der Waals surface area contributed by atoms with E-state index in [4.69, 9.17) is 10.6 Å². The van der Waals surface area contributed by atoms with Gasteiger partial charge in [0.1, 0.15) is 18.1 Å². The Labute approximate surface area is 127 Å². The van der Waals surface area contributed by atoms with Gasteiger partial charge < -0.3 is 9.30 Å². The highest BCUT2D eigenvalue weighted by molar-refractivity contribution is 5.84. The number of carbonyl (C=O) groups is 1. The van der Waals surface area contributed by atoms with Gasteiger partial charge in [-0.05, 0) is 36.4 Å². The summed E-state index contributed by atoms with van der Waals surface area (Å²) >= 11 is 0. The van der Waals surface area contributed by atoms with Crippen LogP contribution in [0.25, 0.3) is 22.4 Å². The van der Waals surface area contributed by atoms with E-state index in [1.165, 1.54) is 0 Å². The molecule has 0 spiro atoms. The normalized spacial score (nSPS) is 10.6. The molecule has 3 aromatic rings. The molecule has 0 bridgehead atoms. The third-order valence-corrected chi connectivity index (χ3v) is 3.47. The van der Waals surface area contributed by atoms with E-state index in [0.717, 1.165) is 22.3 Å². The van der Waals surface area contributed by atoms with E-state index >= 15 is 0 Å². The number of aromatic nitrogens is 2. The van der Waals surface area contributed by atoms with E-state index in [2.05, 4.69) is 10.4 Å². The summed E-state index contributed by atoms with van der Waals surface area (Å²) in [5.74, 6) is 6.41. The van der Waals surface area contributed by atoms with Crippen LogP contribution in [-0.4, -0.2) is 22.6 Å². The summed E-state index contributed by atoms with van der Waals surface area (Å²) in [4.78, 5) is 16.3. The molecule has 6 nitrogen and oxygen atoms in total. The number of imidazole rings is 1. The number of hydrazine groups is 1. The number of hydrogen-bond donors (Lipinski definition) is 2. The Morgan fingerprint density at radius 3 is 2.64 bits per heavy atom. The largest absolute Gasteiger partial charge is 0.497 e. The van der Waals surface area contributed by atoms with E-state index in [-0.39, 0.29) is 12.5 Å². The predicted octanol–water partition coefficient (Wildman–Crippen LogP) is 1.70. The first-order valence-corrected chi connectivity index (χ1v) is 6.82. The zero-order chi connectivity index (χ0) is 15.5. The minimum Gasteiger partial charge on any atom is -0.497 e. The van der Waals surface area contributed by atoms with Gasteiger partial charge in [0.05, 0.1) is 18.1 Å². The predicted molar refractivity (Wildman–Crippen MR) is 84.1 cm³/mol. The highest BCUT2D eigenvalue weighted by Gasteiger charge is 2.14. The number of nitrogens with one attached hydrogen (secondary N) is 1. The van der Waals surface area contributed by atoms with Crippen LogP contribution in [0.5, 0.6) is 5.75 Å². The van der Waals surface area contributed by atoms with Crippen molar-refractivity contribution in [1.29, 1.82) is 0 Å². The van der Waals surface area contributed by atoms with Gasteiger partial charge in [-0.2, -0.15) is 0 Å². The van der Waals surface area contributed by atoms with Crippen LogP contribution in [0.4, 0.5) is 0 Å². The number of rotatable bonds is 4. The van der Waals surface area contributed by atoms with Gasteiger partial charge in [-0.3, -0.25) is 10.2 Å². The lowest BCUT2D eigenvalue weighted by Gasteiger charge is -2.09. The molecule has 3 N–H and O–H groups in total. The molecular formula is C16H16N4O2. The number of carbonyl (C=O) groups excluding carboxylic acids is 1. The molecule has 112 valence electrons. The molecule has 1 heterocycles. The van der Waals surface area contributed by atoms with Crippen LogP contribution in [0.3, 0.4) is 0 Å². The third kappa shape index (κ3) is 2.51. The summed E-state index contributed by atoms with van der Waals surface area (Å²) in [5, 5.41) is 0. The van der Waals surface area contributed by atoms with E-state index in [9.17, 15) is 4.79 Å². The second-order valence-corrected chi connectivity index (χ2v) is 4.81. The Balaban J connectivity index is 2.14. The second-order valence-electron chi connectivity index (χ2n) is 4.81. The summed E-state index contributed by atoms with van der Waals surface area (Å²) in [5.41, 5.74) is 4.78. The Hall–Kier alpha value is -2.86. The Bertz CT molecular complexity index is 809. The van der Waals surface area contributed by atoms with Gasteiger partial charge in [-0.15, -0.1) is 0 Å². The maximum Gasteiger partial charge on any atom is 0.253 e. The summed E-state index contributed by atoms with van der Waals surface area (Å²) in [6.07, 6.45) is 0. The van der Waals surface area contributed by atoms with Crippen molar-refractivity contribution < 1.29 is 9.53 Å². The molecule has 3 rings (SSSR count). The lowest BCUT2D eigenvalue weighted by molar-refractivity contribution is -0.121. The van der Waals surface area contributed by atoms with Crippen molar-refractivity contribution >= 4 is 16.9 Å². The van der Waals surface area contributed by atoms with E-state index in [0.29, 0.717) is 5.82 Å². The molecule has 22 heavy (non-hydrogen) atoms. The molecule has 0 saturated heterocycles. The number of ether oxygens (including phenoxy) is 1. The quantitative estimate of drug-likeness (QED) is 0.436. The molecule has 0 unspecified atom stereocenters. The molecule has 0 aliphatic heterocycles. The fourth-order valence-corrected chi connectivity index (χ4v) is 2.39. The Morgan fingerprint density at radius 2 is 1.95 bits per heavy atom. The minimum atomic E-state index is -0.280. The fourth-order valence-electron chi connectivity index (χ4n) is 2.39. The van der Waals surface area contributed by atoms with Gasteiger partial charge in [-0.1, -0.05) is 12.1 Å². The highest BCUT2D eigenvalue weighted by atomic mass is 16.5. The number of para-hydroxylation sites is 2. The van der Waals surface area contributed by atoms with Crippen molar-refractivity contribution in [2.24, 2.45) is 5.84 Å². The molecule has 1 aromatic heterocycles. The molecule has 0 aliphatic carbocycles. The number of amides is 1. The van der Waals surface area contributed by atoms with Gasteiger partial charge in [0.25, 0.3) is 5.91 Å². The molecule has 6 heteroatoms. The summed E-state index contributed by atoms with van der Waals surface area (Å²) < 4.78 is 7.01. The average Bonchev–Trinajstić information content (AvgIpc) is 2.93. The van der Waals surface area contributed by atoms with Crippen molar-refractivity contribution in [3.63, 3.8) is 0 Å². The van der Waals surface area contributed by atoms with Gasteiger partial charge in [-0.25, -0.2) is 10.8 Å². The smallest absolute Gasteiger partial charge is 0.253 e. The fraction of sp³-hybridized carbons (Fsp3) is 0.125. The summed E-state index contributed by atoms with van der Waals surface area (Å²) in [6, 6.07) is 15.2. The van der Waals surface area contributed by atoms with Gasteiger partial charge >= 0.3 is 0 Å². The lowest BCUT2D eigenvalue weighted by Crippen LogP contribution is -2.33. The van der Waals surface area contributed by atoms with Crippen LogP contribution < -0.4 is 16.0 Å². The maximum absolute atomic E-state index is 11.7. The first-order valence-electron chi connectivity index (χ1n) is 6.82. The molecule has 0 atom stereocenters. The molecule has 1 amide bonds. The van der Waals surface area contributed by atoms with Crippen molar-refractivity contribution in [2.45, 2.75) is 6.54 Å². The molecule has 2 aromatic carbocycles. The van der Waals surface area contributed by atoms with Crippen LogP contribution in [0.1, 0.15) is 0 Å². The van der Waals surface area contributed by atoms with Crippen molar-refractivity contribution in [3.8, 4) is 17.1 Å². The van der Waals surface area contributed by atoms with Crippen molar-refractivity contribution in [1.82, 2.24) is 15.0 Å². The van der Waals surface area contributed by atoms with E-state index in [1.807, 2.05) is 53.1 Å². The Kier molecular flexibility index (Phi) is 3.76. The number of hydrogen-bond acceptors (Lipinski definition) is 4. The second kappa shape index (κ2) is 5.87. The van der Waals surface area contributed by atoms with Gasteiger partial charge in [0.15, 0.2) is 0 Å². The zero-order valence-electron chi connectivity index (χ0n) is 12.1. The summed E-state index contributed by atoms with van der Waals surface area (Å²) in [7, 11) is 1.62. The lowest BCUT2D eigenvalue weighted by atomic mass is 10.2. The van der Waals surface area contributed by atoms with E-state index < -0.39 is 0 Å². The van der Waals surface area contributed by atoms with Crippen LogP contribution in [-0.2, 0) is 11.3 Å². The van der Waals surface area contributed by atoms with E-state index in [1.54, 1.807) is 7.11 Å². The van der Waals surface area contributed by atoms with Crippen LogP contribution >= 0.6 is 0 Å². The molecule has 0 aliphatic rings. The molecule has 0 radical (unpaired) electrons. The molecule has 0 saturated carbocycles. The number of nitrogens with zero attached hydrogens (tertiary/aromatic N) is 2. The minimum absolute atomic E-state index is 0.109. The van der Waals surface area contributed by atoms with Crippen LogP contribution in [0, 0.1) is 0 Å². The third-order valence-electron chi connectivity index (χ3n) is 3.47. The monoisotopic (exact) mass is 296 g/mol. The first kappa shape index (κ1) is 14.1. The van der Waals surface area contributed by atoms with Crippen molar-refractivity contribution in [2.75, 3.05) is 7.11 Å². The number of fused-ring (bicyclic) bond motifs is 1. The first-order chi connectivity index (χ1) is 10.7. The SMILES string of the molecule is COc1ccc(-c2nc3ccccc3n2CC(=O)NN)cc1. The summed E-state index contributed by atoms with van der Waals surface area (Å²) in [6.45, 7) is 0.109. The molecule has 0 fully saturated rings. The van der Waals surface area contributed by atoms with Crippen LogP contribution in [0.15, 0.2) is 48.5 Å². The van der Waals surface area contributed by atoms with Gasteiger partial charge in [0, 0.05) is 5.56 Å². The maximum atomic E-state index is 11.7. The highest BCUT2D eigenvalue weighted by Crippen LogP contribution is 2.26. The zero-order valence-corrected chi connectivity index (χ0v) is 12.1. The number of methoxy groups -OCH3 is 1.